The molecule has 2 heterocycles. The summed E-state index contributed by atoms with van der Waals surface area (Å²) in [6.45, 7) is 4.94. The van der Waals surface area contributed by atoms with Gasteiger partial charge in [0.2, 0.25) is 0 Å². The second kappa shape index (κ2) is 7.32. The Morgan fingerprint density at radius 1 is 0.815 bits per heavy atom. The molecule has 138 valence electrons. The fraction of sp³-hybridized carbons (Fsp3) is 0.200. The first-order chi connectivity index (χ1) is 13.1. The van der Waals surface area contributed by atoms with E-state index in [9.17, 15) is 0 Å². The van der Waals surface area contributed by atoms with E-state index in [1.807, 2.05) is 56.3 Å². The highest BCUT2D eigenvalue weighted by Gasteiger charge is 2.12. The fourth-order valence-corrected chi connectivity index (χ4v) is 2.96. The van der Waals surface area contributed by atoms with Gasteiger partial charge < -0.3 is 20.1 Å². The Labute approximate surface area is 162 Å². The molecular weight excluding hydrogens is 364 g/mol. The van der Waals surface area contributed by atoms with Crippen LogP contribution in [0.3, 0.4) is 0 Å². The average Bonchev–Trinajstić information content (AvgIpc) is 2.64. The van der Waals surface area contributed by atoms with Crippen LogP contribution in [0.5, 0.6) is 11.5 Å². The fourth-order valence-electron chi connectivity index (χ4n) is 2.78. The molecule has 1 aliphatic rings. The molecule has 7 heteroatoms. The van der Waals surface area contributed by atoms with Crippen molar-refractivity contribution in [3.63, 3.8) is 0 Å². The van der Waals surface area contributed by atoms with Gasteiger partial charge in [-0.05, 0) is 43.7 Å². The summed E-state index contributed by atoms with van der Waals surface area (Å²) in [5, 5.41) is 7.27. The van der Waals surface area contributed by atoms with Gasteiger partial charge in [-0.15, -0.1) is 0 Å². The van der Waals surface area contributed by atoms with E-state index in [-0.39, 0.29) is 0 Å². The molecule has 1 aliphatic heterocycles. The number of hydrogen-bond acceptors (Lipinski definition) is 6. The predicted molar refractivity (Wildman–Crippen MR) is 107 cm³/mol. The molecule has 0 fully saturated rings. The lowest BCUT2D eigenvalue weighted by molar-refractivity contribution is 0.171. The molecule has 0 spiro atoms. The van der Waals surface area contributed by atoms with Crippen LogP contribution in [0.4, 0.5) is 23.0 Å². The first-order valence-electron chi connectivity index (χ1n) is 8.62. The molecular formula is C20H19ClN4O2. The molecule has 2 N–H and O–H groups in total. The number of benzene rings is 2. The van der Waals surface area contributed by atoms with Crippen molar-refractivity contribution < 1.29 is 9.47 Å². The monoisotopic (exact) mass is 382 g/mol. The number of ether oxygens (including phenoxy) is 2. The van der Waals surface area contributed by atoms with Crippen molar-refractivity contribution >= 4 is 34.6 Å². The maximum atomic E-state index is 6.20. The van der Waals surface area contributed by atoms with Crippen LogP contribution in [0.15, 0.2) is 42.5 Å². The smallest absolute Gasteiger partial charge is 0.163 e. The molecule has 6 nitrogen and oxygen atoms in total. The van der Waals surface area contributed by atoms with Crippen LogP contribution in [-0.2, 0) is 0 Å². The Morgan fingerprint density at radius 3 is 2.15 bits per heavy atom. The van der Waals surface area contributed by atoms with Gasteiger partial charge in [0.25, 0.3) is 0 Å². The predicted octanol–water partition coefficient (Wildman–Crippen LogP) is 5.01. The molecule has 0 amide bonds. The van der Waals surface area contributed by atoms with Gasteiger partial charge in [-0.1, -0.05) is 17.7 Å². The Balaban J connectivity index is 1.56. The highest BCUT2D eigenvalue weighted by Crippen LogP contribution is 2.33. The lowest BCUT2D eigenvalue weighted by Crippen LogP contribution is -2.15. The van der Waals surface area contributed by atoms with Gasteiger partial charge in [0, 0.05) is 28.5 Å². The second-order valence-electron chi connectivity index (χ2n) is 6.26. The van der Waals surface area contributed by atoms with Gasteiger partial charge in [0.1, 0.15) is 30.7 Å². The minimum absolute atomic E-state index is 0.552. The topological polar surface area (TPSA) is 68.3 Å². The molecule has 2 aromatic carbocycles. The number of nitrogens with zero attached hydrogens (tertiary/aromatic N) is 2. The zero-order chi connectivity index (χ0) is 18.8. The third-order valence-electron chi connectivity index (χ3n) is 4.10. The van der Waals surface area contributed by atoms with Crippen molar-refractivity contribution in [1.82, 2.24) is 9.97 Å². The highest BCUT2D eigenvalue weighted by atomic mass is 35.5. The Morgan fingerprint density at radius 2 is 1.44 bits per heavy atom. The number of aryl methyl sites for hydroxylation is 2. The summed E-state index contributed by atoms with van der Waals surface area (Å²) >= 11 is 6.20. The van der Waals surface area contributed by atoms with Gasteiger partial charge >= 0.3 is 0 Å². The van der Waals surface area contributed by atoms with Gasteiger partial charge in [-0.2, -0.15) is 0 Å². The van der Waals surface area contributed by atoms with Crippen molar-refractivity contribution in [2.75, 3.05) is 23.8 Å². The third kappa shape index (κ3) is 4.06. The van der Waals surface area contributed by atoms with E-state index in [2.05, 4.69) is 20.6 Å². The van der Waals surface area contributed by atoms with E-state index in [0.29, 0.717) is 35.7 Å². The summed E-state index contributed by atoms with van der Waals surface area (Å²) in [7, 11) is 0. The normalized spacial score (nSPS) is 12.6. The Kier molecular flexibility index (Phi) is 4.73. The van der Waals surface area contributed by atoms with E-state index >= 15 is 0 Å². The quantitative estimate of drug-likeness (QED) is 0.661. The molecule has 0 aliphatic carbocycles. The molecule has 3 aromatic rings. The van der Waals surface area contributed by atoms with Crippen LogP contribution in [0, 0.1) is 13.8 Å². The highest BCUT2D eigenvalue weighted by molar-refractivity contribution is 6.31. The number of halogens is 1. The van der Waals surface area contributed by atoms with E-state index < -0.39 is 0 Å². The number of hydrogen-bond donors (Lipinski definition) is 2. The standard InChI is InChI=1S/C20H19ClN4O2/c1-12-3-4-14(9-16(12)21)24-19-11-20(23-13(2)22-19)25-15-5-6-17-18(10-15)27-8-7-26-17/h3-6,9-11H,7-8H2,1-2H3,(H2,22,23,24,25). The van der Waals surface area contributed by atoms with Crippen LogP contribution in [0.25, 0.3) is 0 Å². The molecule has 0 bridgehead atoms. The number of aromatic nitrogens is 2. The van der Waals surface area contributed by atoms with Crippen molar-refractivity contribution in [2.45, 2.75) is 13.8 Å². The summed E-state index contributed by atoms with van der Waals surface area (Å²) in [6, 6.07) is 13.4. The summed E-state index contributed by atoms with van der Waals surface area (Å²) in [5.74, 6) is 3.49. The molecule has 0 unspecified atom stereocenters. The Hall–Kier alpha value is -2.99. The zero-order valence-electron chi connectivity index (χ0n) is 15.0. The first-order valence-corrected chi connectivity index (χ1v) is 9.00. The largest absolute Gasteiger partial charge is 0.486 e. The molecule has 0 saturated heterocycles. The van der Waals surface area contributed by atoms with E-state index in [1.54, 1.807) is 0 Å². The van der Waals surface area contributed by atoms with E-state index in [4.69, 9.17) is 21.1 Å². The molecule has 1 aromatic heterocycles. The number of nitrogens with one attached hydrogen (secondary N) is 2. The van der Waals surface area contributed by atoms with Crippen LogP contribution < -0.4 is 20.1 Å². The van der Waals surface area contributed by atoms with Gasteiger partial charge in [0.05, 0.1) is 0 Å². The molecule has 0 saturated carbocycles. The lowest BCUT2D eigenvalue weighted by atomic mass is 10.2. The number of fused-ring (bicyclic) bond motifs is 1. The van der Waals surface area contributed by atoms with Crippen molar-refractivity contribution in [3.8, 4) is 11.5 Å². The third-order valence-corrected chi connectivity index (χ3v) is 4.50. The van der Waals surface area contributed by atoms with E-state index in [0.717, 1.165) is 28.4 Å². The minimum atomic E-state index is 0.552. The van der Waals surface area contributed by atoms with Crippen molar-refractivity contribution in [3.05, 3.63) is 58.9 Å². The SMILES string of the molecule is Cc1nc(Nc2ccc(C)c(Cl)c2)cc(Nc2ccc3c(c2)OCCO3)n1. The first kappa shape index (κ1) is 17.4. The summed E-state index contributed by atoms with van der Waals surface area (Å²) in [6.07, 6.45) is 0. The van der Waals surface area contributed by atoms with Gasteiger partial charge in [-0.25, -0.2) is 9.97 Å². The maximum Gasteiger partial charge on any atom is 0.163 e. The van der Waals surface area contributed by atoms with Crippen LogP contribution in [0.1, 0.15) is 11.4 Å². The minimum Gasteiger partial charge on any atom is -0.486 e. The lowest BCUT2D eigenvalue weighted by Gasteiger charge is -2.19. The van der Waals surface area contributed by atoms with E-state index in [1.165, 1.54) is 0 Å². The van der Waals surface area contributed by atoms with Crippen LogP contribution in [-0.4, -0.2) is 23.2 Å². The Bertz CT molecular complexity index is 994. The average molecular weight is 383 g/mol. The van der Waals surface area contributed by atoms with Crippen LogP contribution in [0.2, 0.25) is 5.02 Å². The second-order valence-corrected chi connectivity index (χ2v) is 6.67. The van der Waals surface area contributed by atoms with Crippen LogP contribution >= 0.6 is 11.6 Å². The van der Waals surface area contributed by atoms with Gasteiger partial charge in [0.15, 0.2) is 11.5 Å². The summed E-state index contributed by atoms with van der Waals surface area (Å²) < 4.78 is 11.2. The molecule has 4 rings (SSSR count). The number of rotatable bonds is 4. The molecule has 27 heavy (non-hydrogen) atoms. The maximum absolute atomic E-state index is 6.20. The van der Waals surface area contributed by atoms with Crippen molar-refractivity contribution in [2.24, 2.45) is 0 Å². The molecule has 0 atom stereocenters. The molecule has 0 radical (unpaired) electrons. The number of anilines is 4. The summed E-state index contributed by atoms with van der Waals surface area (Å²) in [5.41, 5.74) is 2.76. The zero-order valence-corrected chi connectivity index (χ0v) is 15.8. The van der Waals surface area contributed by atoms with Gasteiger partial charge in [-0.3, -0.25) is 0 Å². The summed E-state index contributed by atoms with van der Waals surface area (Å²) in [4.78, 5) is 8.90. The van der Waals surface area contributed by atoms with Crippen molar-refractivity contribution in [1.29, 1.82) is 0 Å².